The number of rotatable bonds is 14. The van der Waals surface area contributed by atoms with Gasteiger partial charge in [0.2, 0.25) is 11.8 Å². The number of likely N-dealkylation sites (tertiary alicyclic amines) is 1. The molecule has 232 valence electrons. The molecular weight excluding hydrogens is 572 g/mol. The molecule has 0 radical (unpaired) electrons. The van der Waals surface area contributed by atoms with Crippen molar-refractivity contribution < 1.29 is 33.9 Å². The number of unbranched alkanes of at least 4 members (excludes halogenated alkanes) is 2. The summed E-state index contributed by atoms with van der Waals surface area (Å²) in [7, 11) is 0. The Labute approximate surface area is 255 Å². The summed E-state index contributed by atoms with van der Waals surface area (Å²) in [6.45, 7) is 8.02. The van der Waals surface area contributed by atoms with Gasteiger partial charge in [0, 0.05) is 25.5 Å². The highest BCUT2D eigenvalue weighted by molar-refractivity contribution is 7.13. The van der Waals surface area contributed by atoms with Gasteiger partial charge in [0.25, 0.3) is 5.88 Å². The number of carboxylic acid groups (broad SMARTS) is 1. The summed E-state index contributed by atoms with van der Waals surface area (Å²) in [5.41, 5.74) is 4.66. The first-order chi connectivity index (χ1) is 20.5. The van der Waals surface area contributed by atoms with E-state index in [1.807, 2.05) is 57.5 Å². The fraction of sp³-hybridized carbons (Fsp3) is 0.516. The molecule has 4 rings (SSSR count). The van der Waals surface area contributed by atoms with Crippen molar-refractivity contribution in [3.05, 3.63) is 52.9 Å². The van der Waals surface area contributed by atoms with E-state index in [9.17, 15) is 19.5 Å². The molecule has 0 saturated carbocycles. The topological polar surface area (TPSA) is 155 Å². The third-order valence-corrected chi connectivity index (χ3v) is 8.69. The Morgan fingerprint density at radius 2 is 1.91 bits per heavy atom. The van der Waals surface area contributed by atoms with Gasteiger partial charge in [0.15, 0.2) is 5.76 Å². The number of carbonyl (C=O) groups is 3. The van der Waals surface area contributed by atoms with Gasteiger partial charge >= 0.3 is 5.97 Å². The number of thiazole rings is 1. The van der Waals surface area contributed by atoms with Gasteiger partial charge in [-0.05, 0) is 55.3 Å². The van der Waals surface area contributed by atoms with E-state index in [1.165, 1.54) is 4.90 Å². The zero-order valence-corrected chi connectivity index (χ0v) is 25.8. The Hall–Kier alpha value is -3.77. The summed E-state index contributed by atoms with van der Waals surface area (Å²) in [4.78, 5) is 44.7. The quantitative estimate of drug-likeness (QED) is 0.220. The van der Waals surface area contributed by atoms with Crippen LogP contribution in [-0.4, -0.2) is 68.5 Å². The lowest BCUT2D eigenvalue weighted by molar-refractivity contribution is -0.138. The Kier molecular flexibility index (Phi) is 10.9. The molecule has 1 saturated heterocycles. The van der Waals surface area contributed by atoms with Crippen LogP contribution in [0.4, 0.5) is 0 Å². The molecule has 43 heavy (non-hydrogen) atoms. The van der Waals surface area contributed by atoms with Gasteiger partial charge < -0.3 is 29.7 Å². The van der Waals surface area contributed by atoms with E-state index in [0.29, 0.717) is 31.6 Å². The van der Waals surface area contributed by atoms with Gasteiger partial charge in [0.1, 0.15) is 12.1 Å². The maximum absolute atomic E-state index is 13.8. The molecule has 0 aliphatic carbocycles. The zero-order valence-electron chi connectivity index (χ0n) is 25.0. The third-order valence-electron chi connectivity index (χ3n) is 7.71. The van der Waals surface area contributed by atoms with Gasteiger partial charge in [-0.25, -0.2) is 4.98 Å². The van der Waals surface area contributed by atoms with Crippen molar-refractivity contribution in [2.45, 2.75) is 83.9 Å². The van der Waals surface area contributed by atoms with E-state index in [1.54, 1.807) is 17.4 Å². The smallest absolute Gasteiger partial charge is 0.303 e. The van der Waals surface area contributed by atoms with Gasteiger partial charge in [-0.2, -0.15) is 0 Å². The van der Waals surface area contributed by atoms with E-state index in [4.69, 9.17) is 14.4 Å². The zero-order chi connectivity index (χ0) is 31.1. The number of hydrogen-bond donors (Lipinski definition) is 3. The molecule has 1 aliphatic heterocycles. The molecule has 1 aliphatic rings. The lowest BCUT2D eigenvalue weighted by Gasteiger charge is -2.30. The highest BCUT2D eigenvalue weighted by Crippen LogP contribution is 2.33. The van der Waals surface area contributed by atoms with Crippen molar-refractivity contribution in [2.75, 3.05) is 13.2 Å². The monoisotopic (exact) mass is 612 g/mol. The van der Waals surface area contributed by atoms with Gasteiger partial charge in [-0.15, -0.1) is 11.3 Å². The number of hydrogen-bond acceptors (Lipinski definition) is 9. The number of aliphatic hydroxyl groups is 1. The molecule has 0 unspecified atom stereocenters. The third kappa shape index (κ3) is 8.20. The Morgan fingerprint density at radius 1 is 1.16 bits per heavy atom. The summed E-state index contributed by atoms with van der Waals surface area (Å²) >= 11 is 1.57. The number of ether oxygens (including phenoxy) is 1. The highest BCUT2D eigenvalue weighted by atomic mass is 32.1. The summed E-state index contributed by atoms with van der Waals surface area (Å²) in [5, 5.41) is 26.2. The van der Waals surface area contributed by atoms with E-state index < -0.39 is 30.1 Å². The Bertz CT molecular complexity index is 1390. The number of carboxylic acids is 1. The van der Waals surface area contributed by atoms with Crippen molar-refractivity contribution >= 4 is 29.1 Å². The molecule has 2 aromatic heterocycles. The summed E-state index contributed by atoms with van der Waals surface area (Å²) in [6.07, 6.45) is 0.874. The maximum Gasteiger partial charge on any atom is 0.303 e. The molecule has 11 nitrogen and oxygen atoms in total. The molecule has 3 heterocycles. The van der Waals surface area contributed by atoms with Crippen LogP contribution >= 0.6 is 11.3 Å². The first-order valence-corrected chi connectivity index (χ1v) is 15.5. The highest BCUT2D eigenvalue weighted by Gasteiger charge is 2.41. The van der Waals surface area contributed by atoms with Crippen LogP contribution in [0.15, 0.2) is 40.4 Å². The molecular formula is C31H40N4O7S. The number of aryl methyl sites for hydroxylation is 1. The summed E-state index contributed by atoms with van der Waals surface area (Å²) in [6, 6.07) is 9.42. The fourth-order valence-corrected chi connectivity index (χ4v) is 6.08. The number of aliphatic hydroxyl groups excluding tert-OH is 1. The second-order valence-corrected chi connectivity index (χ2v) is 12.2. The maximum atomic E-state index is 13.8. The van der Waals surface area contributed by atoms with Crippen molar-refractivity contribution in [1.29, 1.82) is 0 Å². The van der Waals surface area contributed by atoms with Crippen molar-refractivity contribution in [3.63, 3.8) is 0 Å². The largest absolute Gasteiger partial charge is 0.481 e. The standard InChI is InChI=1S/C31H40N4O7S/c1-18(2)28(24-15-26(34-42-24)41-13-7-5-6-8-27(37)38)31(40)35-16-23(36)14-25(35)33-30(39)19(3)21-9-11-22(12-10-21)29-20(4)32-17-43-29/h9-12,15,17-19,23,25,28,36H,5-8,13-14,16H2,1-4H3,(H,33,39)(H,37,38)/t19-,23+,25-,28+/m0/s1. The van der Waals surface area contributed by atoms with Crippen molar-refractivity contribution in [3.8, 4) is 16.3 Å². The van der Waals surface area contributed by atoms with Crippen molar-refractivity contribution in [1.82, 2.24) is 20.4 Å². The summed E-state index contributed by atoms with van der Waals surface area (Å²) < 4.78 is 11.2. The predicted octanol–water partition coefficient (Wildman–Crippen LogP) is 4.71. The number of benzene rings is 1. The van der Waals surface area contributed by atoms with E-state index in [0.717, 1.165) is 21.7 Å². The van der Waals surface area contributed by atoms with Crippen molar-refractivity contribution in [2.24, 2.45) is 5.92 Å². The lowest BCUT2D eigenvalue weighted by atomic mass is 9.91. The summed E-state index contributed by atoms with van der Waals surface area (Å²) in [5.74, 6) is -2.04. The molecule has 12 heteroatoms. The van der Waals surface area contributed by atoms with E-state index in [2.05, 4.69) is 15.5 Å². The minimum absolute atomic E-state index is 0.0954. The molecule has 0 spiro atoms. The minimum atomic E-state index is -0.818. The van der Waals surface area contributed by atoms with E-state index in [-0.39, 0.29) is 43.0 Å². The average molecular weight is 613 g/mol. The second-order valence-electron chi connectivity index (χ2n) is 11.4. The first kappa shape index (κ1) is 32.2. The van der Waals surface area contributed by atoms with Crippen LogP contribution < -0.4 is 10.1 Å². The number of β-amino-alcohol motifs (C(OH)–C–C–N with tert-alkyl or cyclic N) is 1. The number of aromatic nitrogens is 2. The lowest BCUT2D eigenvalue weighted by Crippen LogP contribution is -2.50. The van der Waals surface area contributed by atoms with Crippen LogP contribution in [0.5, 0.6) is 5.88 Å². The predicted molar refractivity (Wildman–Crippen MR) is 161 cm³/mol. The molecule has 1 fully saturated rings. The van der Waals surface area contributed by atoms with Gasteiger partial charge in [0.05, 0.1) is 34.7 Å². The number of aliphatic carboxylic acids is 1. The van der Waals surface area contributed by atoms with Crippen LogP contribution in [0, 0.1) is 12.8 Å². The van der Waals surface area contributed by atoms with Crippen LogP contribution in [0.3, 0.4) is 0 Å². The first-order valence-electron chi connectivity index (χ1n) is 14.7. The number of carbonyl (C=O) groups excluding carboxylic acids is 2. The molecule has 3 aromatic rings. The number of nitrogens with one attached hydrogen (secondary N) is 1. The van der Waals surface area contributed by atoms with E-state index >= 15 is 0 Å². The Morgan fingerprint density at radius 3 is 2.56 bits per heavy atom. The molecule has 4 atom stereocenters. The number of nitrogens with zero attached hydrogens (tertiary/aromatic N) is 3. The molecule has 0 bridgehead atoms. The average Bonchev–Trinajstić information content (AvgIpc) is 3.70. The minimum Gasteiger partial charge on any atom is -0.481 e. The molecule has 3 N–H and O–H groups in total. The van der Waals surface area contributed by atoms with Crippen LogP contribution in [0.25, 0.3) is 10.4 Å². The van der Waals surface area contributed by atoms with Crippen LogP contribution in [0.2, 0.25) is 0 Å². The van der Waals surface area contributed by atoms with Gasteiger partial charge in [-0.1, -0.05) is 38.1 Å². The van der Waals surface area contributed by atoms with Crippen LogP contribution in [0.1, 0.15) is 81.7 Å². The number of amides is 2. The van der Waals surface area contributed by atoms with Crippen LogP contribution in [-0.2, 0) is 14.4 Å². The Balaban J connectivity index is 1.38. The molecule has 1 aromatic carbocycles. The second kappa shape index (κ2) is 14.6. The molecule has 2 amide bonds. The SMILES string of the molecule is Cc1ncsc1-c1ccc([C@H](C)C(=O)N[C@@H]2C[C@@H](O)CN2C(=O)[C@@H](c2cc(OCCCCCC(=O)O)no2)C(C)C)cc1. The fourth-order valence-electron chi connectivity index (χ4n) is 5.27. The normalized spacial score (nSPS) is 18.0. The van der Waals surface area contributed by atoms with Gasteiger partial charge in [-0.3, -0.25) is 14.4 Å².